The van der Waals surface area contributed by atoms with Gasteiger partial charge in [0.05, 0.1) is 17.0 Å². The number of nitro groups is 1. The van der Waals surface area contributed by atoms with Crippen LogP contribution >= 0.6 is 11.3 Å². The summed E-state index contributed by atoms with van der Waals surface area (Å²) < 4.78 is 0. The second-order valence-electron chi connectivity index (χ2n) is 3.85. The molecule has 2 heterocycles. The first-order chi connectivity index (χ1) is 8.58. The van der Waals surface area contributed by atoms with Gasteiger partial charge in [-0.05, 0) is 13.8 Å². The summed E-state index contributed by atoms with van der Waals surface area (Å²) in [6.07, 6.45) is 3.22. The molecule has 0 aliphatic carbocycles. The highest BCUT2D eigenvalue weighted by Gasteiger charge is 2.14. The van der Waals surface area contributed by atoms with Crippen LogP contribution < -0.4 is 5.32 Å². The Hall–Kier alpha value is -2.02. The van der Waals surface area contributed by atoms with E-state index in [0.717, 1.165) is 5.01 Å². The zero-order valence-corrected chi connectivity index (χ0v) is 10.8. The fourth-order valence-electron chi connectivity index (χ4n) is 1.52. The molecule has 0 saturated carbocycles. The van der Waals surface area contributed by atoms with Gasteiger partial charge in [-0.15, -0.1) is 11.3 Å². The number of nitrogens with one attached hydrogen (secondary N) is 1. The zero-order chi connectivity index (χ0) is 13.1. The average molecular weight is 264 g/mol. The Morgan fingerprint density at radius 2 is 2.28 bits per heavy atom. The summed E-state index contributed by atoms with van der Waals surface area (Å²) in [7, 11) is 0. The first-order valence-corrected chi connectivity index (χ1v) is 6.23. The van der Waals surface area contributed by atoms with Crippen LogP contribution in [0.15, 0.2) is 23.8 Å². The predicted molar refractivity (Wildman–Crippen MR) is 69.8 cm³/mol. The van der Waals surface area contributed by atoms with Gasteiger partial charge in [-0.1, -0.05) is 0 Å². The Morgan fingerprint density at radius 3 is 2.89 bits per heavy atom. The van der Waals surface area contributed by atoms with Crippen LogP contribution in [0.1, 0.15) is 23.5 Å². The predicted octanol–water partition coefficient (Wildman–Crippen LogP) is 2.93. The van der Waals surface area contributed by atoms with E-state index in [9.17, 15) is 10.1 Å². The van der Waals surface area contributed by atoms with Gasteiger partial charge >= 0.3 is 0 Å². The Kier molecular flexibility index (Phi) is 3.52. The van der Waals surface area contributed by atoms with Crippen molar-refractivity contribution in [1.29, 1.82) is 0 Å². The van der Waals surface area contributed by atoms with E-state index in [1.807, 2.05) is 12.3 Å². The molecule has 0 saturated heterocycles. The van der Waals surface area contributed by atoms with Gasteiger partial charge in [-0.3, -0.25) is 10.1 Å². The molecule has 2 aromatic heterocycles. The van der Waals surface area contributed by atoms with Gasteiger partial charge in [-0.2, -0.15) is 0 Å². The maximum absolute atomic E-state index is 10.8. The van der Waals surface area contributed by atoms with Crippen molar-refractivity contribution in [2.45, 2.75) is 19.9 Å². The molecule has 0 aliphatic rings. The van der Waals surface area contributed by atoms with Crippen molar-refractivity contribution < 1.29 is 4.92 Å². The number of nitrogens with zero attached hydrogens (tertiary/aromatic N) is 3. The molecule has 0 bridgehead atoms. The second-order valence-corrected chi connectivity index (χ2v) is 4.78. The fraction of sp³-hybridized carbons (Fsp3) is 0.273. The molecule has 0 fully saturated rings. The van der Waals surface area contributed by atoms with Gasteiger partial charge in [-0.25, -0.2) is 9.97 Å². The highest BCUT2D eigenvalue weighted by Crippen LogP contribution is 2.24. The lowest BCUT2D eigenvalue weighted by molar-refractivity contribution is -0.385. The Labute approximate surface area is 108 Å². The van der Waals surface area contributed by atoms with Crippen molar-refractivity contribution in [2.24, 2.45) is 0 Å². The first kappa shape index (κ1) is 12.4. The van der Waals surface area contributed by atoms with E-state index in [2.05, 4.69) is 15.3 Å². The Bertz CT molecular complexity index is 556. The molecule has 18 heavy (non-hydrogen) atoms. The van der Waals surface area contributed by atoms with Gasteiger partial charge in [0.15, 0.2) is 0 Å². The lowest BCUT2D eigenvalue weighted by Crippen LogP contribution is -2.08. The van der Waals surface area contributed by atoms with E-state index >= 15 is 0 Å². The van der Waals surface area contributed by atoms with Crippen LogP contribution in [-0.4, -0.2) is 14.9 Å². The molecular weight excluding hydrogens is 252 g/mol. The van der Waals surface area contributed by atoms with Crippen LogP contribution in [0, 0.1) is 17.0 Å². The van der Waals surface area contributed by atoms with E-state index in [1.54, 1.807) is 13.1 Å². The maximum atomic E-state index is 10.8. The molecule has 94 valence electrons. The summed E-state index contributed by atoms with van der Waals surface area (Å²) in [5, 5.41) is 16.7. The number of aromatic nitrogens is 2. The van der Waals surface area contributed by atoms with E-state index in [4.69, 9.17) is 0 Å². The summed E-state index contributed by atoms with van der Waals surface area (Å²) in [5.74, 6) is 0.481. The van der Waals surface area contributed by atoms with Crippen molar-refractivity contribution in [2.75, 3.05) is 5.32 Å². The van der Waals surface area contributed by atoms with Gasteiger partial charge in [0, 0.05) is 23.3 Å². The van der Waals surface area contributed by atoms with Crippen molar-refractivity contribution in [1.82, 2.24) is 9.97 Å². The summed E-state index contributed by atoms with van der Waals surface area (Å²) in [6.45, 7) is 3.60. The van der Waals surface area contributed by atoms with Crippen LogP contribution in [0.2, 0.25) is 0 Å². The molecule has 6 nitrogen and oxygen atoms in total. The number of hydrogen-bond donors (Lipinski definition) is 1. The van der Waals surface area contributed by atoms with E-state index < -0.39 is 4.92 Å². The van der Waals surface area contributed by atoms with Gasteiger partial charge in [0.2, 0.25) is 0 Å². The number of rotatable bonds is 4. The molecular formula is C11H12N4O2S. The molecule has 0 spiro atoms. The largest absolute Gasteiger partial charge is 0.361 e. The summed E-state index contributed by atoms with van der Waals surface area (Å²) >= 11 is 1.53. The Balaban J connectivity index is 2.20. The first-order valence-electron chi connectivity index (χ1n) is 5.35. The Morgan fingerprint density at radius 1 is 1.50 bits per heavy atom. The molecule has 1 atom stereocenters. The number of anilines is 1. The molecule has 1 N–H and O–H groups in total. The number of thiazole rings is 1. The van der Waals surface area contributed by atoms with Gasteiger partial charge < -0.3 is 5.32 Å². The number of aryl methyl sites for hydroxylation is 1. The van der Waals surface area contributed by atoms with Crippen LogP contribution in [-0.2, 0) is 0 Å². The topological polar surface area (TPSA) is 81.0 Å². The molecule has 0 aliphatic heterocycles. The minimum Gasteiger partial charge on any atom is -0.361 e. The third-order valence-corrected chi connectivity index (χ3v) is 3.42. The normalized spacial score (nSPS) is 12.1. The molecule has 0 aromatic carbocycles. The van der Waals surface area contributed by atoms with E-state index in [-0.39, 0.29) is 11.7 Å². The van der Waals surface area contributed by atoms with E-state index in [0.29, 0.717) is 11.4 Å². The molecule has 7 heteroatoms. The van der Waals surface area contributed by atoms with Crippen molar-refractivity contribution >= 4 is 22.8 Å². The minimum atomic E-state index is -0.406. The van der Waals surface area contributed by atoms with Crippen LogP contribution in [0.5, 0.6) is 0 Å². The van der Waals surface area contributed by atoms with Gasteiger partial charge in [0.25, 0.3) is 5.69 Å². The smallest absolute Gasteiger partial charge is 0.277 e. The monoisotopic (exact) mass is 264 g/mol. The summed E-state index contributed by atoms with van der Waals surface area (Å²) in [6, 6.07) is 1.42. The highest BCUT2D eigenvalue weighted by atomic mass is 32.1. The number of pyridine rings is 1. The third-order valence-electron chi connectivity index (χ3n) is 2.46. The average Bonchev–Trinajstić information content (AvgIpc) is 2.85. The number of hydrogen-bond acceptors (Lipinski definition) is 6. The van der Waals surface area contributed by atoms with Crippen LogP contribution in [0.4, 0.5) is 11.5 Å². The van der Waals surface area contributed by atoms with Crippen LogP contribution in [0.3, 0.4) is 0 Å². The molecule has 0 amide bonds. The van der Waals surface area contributed by atoms with Crippen molar-refractivity contribution in [3.8, 4) is 0 Å². The van der Waals surface area contributed by atoms with Crippen molar-refractivity contribution in [3.63, 3.8) is 0 Å². The lowest BCUT2D eigenvalue weighted by atomic mass is 10.2. The SMILES string of the molecule is Cc1cnc(NC(C)c2nccs2)cc1[N+](=O)[O-]. The maximum Gasteiger partial charge on any atom is 0.277 e. The lowest BCUT2D eigenvalue weighted by Gasteiger charge is -2.11. The molecule has 1 unspecified atom stereocenters. The fourth-order valence-corrected chi connectivity index (χ4v) is 2.17. The standard InChI is InChI=1S/C11H12N4O2S/c1-7-6-13-10(5-9(7)15(16)17)14-8(2)11-12-3-4-18-11/h3-6,8H,1-2H3,(H,13,14). The third kappa shape index (κ3) is 2.62. The zero-order valence-electron chi connectivity index (χ0n) is 9.95. The molecule has 2 rings (SSSR count). The highest BCUT2D eigenvalue weighted by molar-refractivity contribution is 7.09. The van der Waals surface area contributed by atoms with Gasteiger partial charge in [0.1, 0.15) is 10.8 Å². The molecule has 2 aromatic rings. The second kappa shape index (κ2) is 5.09. The quantitative estimate of drug-likeness (QED) is 0.678. The van der Waals surface area contributed by atoms with Crippen LogP contribution in [0.25, 0.3) is 0 Å². The summed E-state index contributed by atoms with van der Waals surface area (Å²) in [4.78, 5) is 18.7. The molecule has 0 radical (unpaired) electrons. The minimum absolute atomic E-state index is 0.0280. The van der Waals surface area contributed by atoms with Crippen molar-refractivity contribution in [3.05, 3.63) is 44.5 Å². The van der Waals surface area contributed by atoms with E-state index in [1.165, 1.54) is 23.6 Å². The summed E-state index contributed by atoms with van der Waals surface area (Å²) in [5.41, 5.74) is 0.617.